The third kappa shape index (κ3) is 4.60. The topological polar surface area (TPSA) is 77.1 Å². The molecule has 1 aliphatic rings. The molecular formula is C22H22F2N2O5. The van der Waals surface area contributed by atoms with Gasteiger partial charge in [-0.05, 0) is 30.2 Å². The number of benzene rings is 2. The van der Waals surface area contributed by atoms with Gasteiger partial charge in [0.25, 0.3) is 0 Å². The van der Waals surface area contributed by atoms with E-state index in [0.717, 1.165) is 0 Å². The summed E-state index contributed by atoms with van der Waals surface area (Å²) in [6.07, 6.45) is 0. The van der Waals surface area contributed by atoms with Gasteiger partial charge in [-0.25, -0.2) is 9.59 Å². The molecule has 1 atom stereocenters. The van der Waals surface area contributed by atoms with Crippen LogP contribution in [0, 0.1) is 0 Å². The lowest BCUT2D eigenvalue weighted by Gasteiger charge is -2.35. The Balaban J connectivity index is 2.19. The number of alkyl halides is 2. The minimum absolute atomic E-state index is 0.0375. The molecule has 9 heteroatoms. The highest BCUT2D eigenvalue weighted by molar-refractivity contribution is 6.04. The summed E-state index contributed by atoms with van der Waals surface area (Å²) in [4.78, 5) is 27.0. The first kappa shape index (κ1) is 22.1. The first-order valence-corrected chi connectivity index (χ1v) is 9.51. The predicted molar refractivity (Wildman–Crippen MR) is 109 cm³/mol. The molecule has 1 heterocycles. The second kappa shape index (κ2) is 9.46. The molecule has 0 radical (unpaired) electrons. The number of nitrogens with zero attached hydrogens (tertiary/aromatic N) is 1. The van der Waals surface area contributed by atoms with Crippen molar-refractivity contribution in [1.82, 2.24) is 10.2 Å². The van der Waals surface area contributed by atoms with Crippen molar-refractivity contribution >= 4 is 17.7 Å². The molecule has 0 aromatic heterocycles. The number of rotatable bonds is 7. The fourth-order valence-electron chi connectivity index (χ4n) is 3.39. The molecule has 0 unspecified atom stereocenters. The van der Waals surface area contributed by atoms with Crippen LogP contribution in [0.4, 0.5) is 13.6 Å². The molecular weight excluding hydrogens is 410 g/mol. The summed E-state index contributed by atoms with van der Waals surface area (Å²) in [5.74, 6) is -0.731. The number of hydrogen-bond donors (Lipinski definition) is 1. The van der Waals surface area contributed by atoms with Gasteiger partial charge < -0.3 is 19.5 Å². The molecule has 2 aromatic rings. The number of carbonyl (C=O) groups is 2. The van der Waals surface area contributed by atoms with Crippen LogP contribution in [0.1, 0.15) is 24.1 Å². The SMILES string of the molecule is CCOC(=O)C1=C(c2ccccc2)N(C)C(=O)N[C@@H]1c1ccc(OC(F)F)c(OC)c1. The Labute approximate surface area is 178 Å². The quantitative estimate of drug-likeness (QED) is 0.670. The summed E-state index contributed by atoms with van der Waals surface area (Å²) in [7, 11) is 2.86. The van der Waals surface area contributed by atoms with Crippen molar-refractivity contribution in [3.8, 4) is 11.5 Å². The highest BCUT2D eigenvalue weighted by Crippen LogP contribution is 2.39. The van der Waals surface area contributed by atoms with Crippen molar-refractivity contribution in [2.75, 3.05) is 20.8 Å². The van der Waals surface area contributed by atoms with Gasteiger partial charge in [-0.15, -0.1) is 0 Å². The number of methoxy groups -OCH3 is 1. The number of nitrogens with one attached hydrogen (secondary N) is 1. The molecule has 164 valence electrons. The second-order valence-electron chi connectivity index (χ2n) is 6.58. The largest absolute Gasteiger partial charge is 0.493 e. The normalized spacial score (nSPS) is 16.3. The number of urea groups is 1. The van der Waals surface area contributed by atoms with Crippen LogP contribution in [0.2, 0.25) is 0 Å². The second-order valence-corrected chi connectivity index (χ2v) is 6.58. The number of halogens is 2. The van der Waals surface area contributed by atoms with E-state index in [9.17, 15) is 18.4 Å². The molecule has 7 nitrogen and oxygen atoms in total. The Bertz CT molecular complexity index is 995. The van der Waals surface area contributed by atoms with Gasteiger partial charge in [0.05, 0.1) is 31.0 Å². The van der Waals surface area contributed by atoms with E-state index in [-0.39, 0.29) is 23.7 Å². The Kier molecular flexibility index (Phi) is 6.74. The Hall–Kier alpha value is -3.62. The van der Waals surface area contributed by atoms with Crippen LogP contribution in [0.3, 0.4) is 0 Å². The van der Waals surface area contributed by atoms with E-state index < -0.39 is 24.7 Å². The molecule has 1 aliphatic heterocycles. The molecule has 0 spiro atoms. The van der Waals surface area contributed by atoms with Gasteiger partial charge in [-0.1, -0.05) is 36.4 Å². The van der Waals surface area contributed by atoms with E-state index in [2.05, 4.69) is 10.1 Å². The lowest BCUT2D eigenvalue weighted by atomic mass is 9.91. The van der Waals surface area contributed by atoms with Gasteiger partial charge in [0, 0.05) is 7.05 Å². The lowest BCUT2D eigenvalue weighted by Crippen LogP contribution is -2.46. The fourth-order valence-corrected chi connectivity index (χ4v) is 3.39. The van der Waals surface area contributed by atoms with E-state index in [0.29, 0.717) is 16.8 Å². The van der Waals surface area contributed by atoms with Crippen LogP contribution in [0.15, 0.2) is 54.1 Å². The summed E-state index contributed by atoms with van der Waals surface area (Å²) in [6.45, 7) is -1.21. The summed E-state index contributed by atoms with van der Waals surface area (Å²) in [5.41, 5.74) is 1.69. The Morgan fingerprint density at radius 2 is 1.87 bits per heavy atom. The lowest BCUT2D eigenvalue weighted by molar-refractivity contribution is -0.138. The van der Waals surface area contributed by atoms with Gasteiger partial charge in [0.1, 0.15) is 0 Å². The minimum Gasteiger partial charge on any atom is -0.493 e. The summed E-state index contributed by atoms with van der Waals surface area (Å²) < 4.78 is 40.2. The van der Waals surface area contributed by atoms with Gasteiger partial charge in [-0.2, -0.15) is 8.78 Å². The number of ether oxygens (including phenoxy) is 3. The smallest absolute Gasteiger partial charge is 0.387 e. The molecule has 0 bridgehead atoms. The third-order valence-electron chi connectivity index (χ3n) is 4.73. The monoisotopic (exact) mass is 432 g/mol. The molecule has 2 aromatic carbocycles. The average molecular weight is 432 g/mol. The van der Waals surface area contributed by atoms with Crippen LogP contribution in [0.5, 0.6) is 11.5 Å². The molecule has 2 amide bonds. The highest BCUT2D eigenvalue weighted by Gasteiger charge is 2.37. The zero-order valence-electron chi connectivity index (χ0n) is 17.2. The number of esters is 1. The van der Waals surface area contributed by atoms with E-state index >= 15 is 0 Å². The zero-order chi connectivity index (χ0) is 22.5. The first-order chi connectivity index (χ1) is 14.9. The van der Waals surface area contributed by atoms with Crippen LogP contribution in [0.25, 0.3) is 5.70 Å². The van der Waals surface area contributed by atoms with Crippen molar-refractivity contribution in [3.05, 3.63) is 65.2 Å². The maximum absolute atomic E-state index is 13.0. The molecule has 0 fully saturated rings. The van der Waals surface area contributed by atoms with Crippen LogP contribution in [-0.4, -0.2) is 44.3 Å². The van der Waals surface area contributed by atoms with Crippen LogP contribution < -0.4 is 14.8 Å². The van der Waals surface area contributed by atoms with Crippen molar-refractivity contribution in [2.45, 2.75) is 19.6 Å². The molecule has 0 saturated heterocycles. The van der Waals surface area contributed by atoms with Crippen molar-refractivity contribution in [2.24, 2.45) is 0 Å². The van der Waals surface area contributed by atoms with E-state index in [1.54, 1.807) is 38.2 Å². The first-order valence-electron chi connectivity index (χ1n) is 9.51. The van der Waals surface area contributed by atoms with Gasteiger partial charge in [0.15, 0.2) is 11.5 Å². The standard InChI is InChI=1S/C22H22F2N2O5/c1-4-30-20(27)17-18(14-10-11-15(31-21(23)24)16(12-14)29-3)25-22(28)26(2)19(17)13-8-6-5-7-9-13/h5-12,18,21H,4H2,1-3H3,(H,25,28)/t18-/m1/s1. The summed E-state index contributed by atoms with van der Waals surface area (Å²) in [5, 5.41) is 2.77. The Morgan fingerprint density at radius 1 is 1.16 bits per heavy atom. The fraction of sp³-hybridized carbons (Fsp3) is 0.273. The summed E-state index contributed by atoms with van der Waals surface area (Å²) in [6, 6.07) is 11.9. The minimum atomic E-state index is -3.03. The van der Waals surface area contributed by atoms with Crippen LogP contribution >= 0.6 is 0 Å². The predicted octanol–water partition coefficient (Wildman–Crippen LogP) is 3.97. The molecule has 31 heavy (non-hydrogen) atoms. The number of hydrogen-bond acceptors (Lipinski definition) is 5. The number of amides is 2. The van der Waals surface area contributed by atoms with Crippen molar-refractivity contribution in [3.63, 3.8) is 0 Å². The molecule has 0 saturated carbocycles. The van der Waals surface area contributed by atoms with E-state index in [4.69, 9.17) is 9.47 Å². The summed E-state index contributed by atoms with van der Waals surface area (Å²) >= 11 is 0. The van der Waals surface area contributed by atoms with E-state index in [1.807, 2.05) is 6.07 Å². The highest BCUT2D eigenvalue weighted by atomic mass is 19.3. The van der Waals surface area contributed by atoms with Gasteiger partial charge in [-0.3, -0.25) is 4.90 Å². The average Bonchev–Trinajstić information content (AvgIpc) is 2.75. The maximum Gasteiger partial charge on any atom is 0.387 e. The zero-order valence-corrected chi connectivity index (χ0v) is 17.2. The van der Waals surface area contributed by atoms with Gasteiger partial charge >= 0.3 is 18.6 Å². The molecule has 3 rings (SSSR count). The van der Waals surface area contributed by atoms with E-state index in [1.165, 1.54) is 30.2 Å². The van der Waals surface area contributed by atoms with Crippen molar-refractivity contribution < 1.29 is 32.6 Å². The maximum atomic E-state index is 13.0. The number of carbonyl (C=O) groups excluding carboxylic acids is 2. The molecule has 1 N–H and O–H groups in total. The van der Waals surface area contributed by atoms with Crippen LogP contribution in [-0.2, 0) is 9.53 Å². The third-order valence-corrected chi connectivity index (χ3v) is 4.73. The Morgan fingerprint density at radius 3 is 2.48 bits per heavy atom. The van der Waals surface area contributed by atoms with Crippen molar-refractivity contribution in [1.29, 1.82) is 0 Å². The van der Waals surface area contributed by atoms with Gasteiger partial charge in [0.2, 0.25) is 0 Å². The molecule has 0 aliphatic carbocycles.